The van der Waals surface area contributed by atoms with Crippen LogP contribution < -0.4 is 16.0 Å². The number of likely N-dealkylation sites (tertiary alicyclic amines) is 1. The molecule has 4 aromatic rings. The highest BCUT2D eigenvalue weighted by molar-refractivity contribution is 6.31. The molecule has 4 saturated heterocycles. The lowest BCUT2D eigenvalue weighted by molar-refractivity contribution is 0.101. The number of benzene rings is 4. The number of nitrogens with zero attached hydrogens (tertiary/aromatic N) is 1. The van der Waals surface area contributed by atoms with Crippen molar-refractivity contribution in [3.05, 3.63) is 129 Å². The Bertz CT molecular complexity index is 1700. The number of carbonyl (C=O) groups is 2. The number of ether oxygens (including phenoxy) is 2. The van der Waals surface area contributed by atoms with E-state index < -0.39 is 0 Å². The summed E-state index contributed by atoms with van der Waals surface area (Å²) >= 11 is 17.3. The van der Waals surface area contributed by atoms with Crippen molar-refractivity contribution in [3.63, 3.8) is 0 Å². The van der Waals surface area contributed by atoms with Gasteiger partial charge in [0.2, 0.25) is 0 Å². The summed E-state index contributed by atoms with van der Waals surface area (Å²) in [6, 6.07) is 29.1. The number of halogens is 4. The molecule has 54 heavy (non-hydrogen) atoms. The second kappa shape index (κ2) is 22.4. The van der Waals surface area contributed by atoms with E-state index in [2.05, 4.69) is 33.0 Å². The van der Waals surface area contributed by atoms with Crippen molar-refractivity contribution >= 4 is 78.8 Å². The molecule has 0 saturated carbocycles. The van der Waals surface area contributed by atoms with E-state index in [1.165, 1.54) is 18.7 Å². The second-order valence-electron chi connectivity index (χ2n) is 13.4. The summed E-state index contributed by atoms with van der Waals surface area (Å²) in [6.07, 6.45) is 0. The molecule has 4 aliphatic rings. The monoisotopic (exact) mass is 811 g/mol. The summed E-state index contributed by atoms with van der Waals surface area (Å²) in [5.41, 5.74) is 4.99. The van der Waals surface area contributed by atoms with Crippen LogP contribution in [0.15, 0.2) is 97.1 Å². The molecule has 2 amide bonds. The number of anilines is 2. The lowest BCUT2D eigenvalue weighted by Gasteiger charge is -2.17. The third-order valence-corrected chi connectivity index (χ3v) is 10.5. The molecule has 13 heteroatoms. The molecule has 0 spiro atoms. The van der Waals surface area contributed by atoms with Crippen LogP contribution in [0.5, 0.6) is 0 Å². The van der Waals surface area contributed by atoms with E-state index in [0.717, 1.165) is 74.8 Å². The zero-order chi connectivity index (χ0) is 35.6. The van der Waals surface area contributed by atoms with E-state index >= 15 is 0 Å². The normalized spacial score (nSPS) is 20.6. The molecule has 0 bridgehead atoms. The van der Waals surface area contributed by atoms with Crippen molar-refractivity contribution in [3.8, 4) is 0 Å². The molecule has 287 valence electrons. The summed E-state index contributed by atoms with van der Waals surface area (Å²) in [7, 11) is 0. The van der Waals surface area contributed by atoms with Crippen LogP contribution in [0.25, 0.3) is 0 Å². The van der Waals surface area contributed by atoms with Gasteiger partial charge in [-0.25, -0.2) is 0 Å². The van der Waals surface area contributed by atoms with Crippen molar-refractivity contribution < 1.29 is 19.1 Å². The summed E-state index contributed by atoms with van der Waals surface area (Å²) in [5, 5.41) is 10.3. The van der Waals surface area contributed by atoms with Crippen LogP contribution in [-0.4, -0.2) is 77.7 Å². The Balaban J connectivity index is 0.000000236. The Morgan fingerprint density at radius 3 is 1.43 bits per heavy atom. The third-order valence-electron chi connectivity index (χ3n) is 9.66. The zero-order valence-electron chi connectivity index (χ0n) is 29.3. The minimum Gasteiger partial charge on any atom is -0.381 e. The molecule has 4 fully saturated rings. The molecule has 4 aliphatic heterocycles. The molecule has 3 N–H and O–H groups in total. The molecule has 0 unspecified atom stereocenters. The molecule has 4 aromatic carbocycles. The first kappa shape index (κ1) is 45.3. The Morgan fingerprint density at radius 1 is 0.630 bits per heavy atom. The van der Waals surface area contributed by atoms with E-state index in [1.54, 1.807) is 48.5 Å². The minimum atomic E-state index is -0.162. The van der Waals surface area contributed by atoms with Gasteiger partial charge in [-0.05, 0) is 83.9 Å². The average molecular weight is 813 g/mol. The largest absolute Gasteiger partial charge is 0.381 e. The smallest absolute Gasteiger partial charge is 0.255 e. The van der Waals surface area contributed by atoms with Crippen LogP contribution in [0.2, 0.25) is 10.0 Å². The predicted octanol–water partition coefficient (Wildman–Crippen LogP) is 8.53. The van der Waals surface area contributed by atoms with Gasteiger partial charge < -0.3 is 25.4 Å². The Morgan fingerprint density at radius 2 is 1.02 bits per heavy atom. The fourth-order valence-electron chi connectivity index (χ4n) is 6.70. The summed E-state index contributed by atoms with van der Waals surface area (Å²) in [6.45, 7) is 9.40. The van der Waals surface area contributed by atoms with Crippen LogP contribution in [0, 0.1) is 23.7 Å². The number of rotatable bonds is 7. The predicted molar refractivity (Wildman–Crippen MR) is 225 cm³/mol. The van der Waals surface area contributed by atoms with E-state index in [4.69, 9.17) is 44.3 Å². The molecular formula is C41H48BCl4N4O4. The number of fused-ring (bicyclic) bond motifs is 2. The van der Waals surface area contributed by atoms with E-state index in [-0.39, 0.29) is 40.1 Å². The second-order valence-corrected chi connectivity index (χ2v) is 14.6. The average Bonchev–Trinajstić information content (AvgIpc) is 3.95. The molecule has 3 radical (unpaired) electrons. The van der Waals surface area contributed by atoms with Gasteiger partial charge in [0.25, 0.3) is 11.8 Å². The van der Waals surface area contributed by atoms with Gasteiger partial charge in [0, 0.05) is 103 Å². The summed E-state index contributed by atoms with van der Waals surface area (Å²) in [4.78, 5) is 26.6. The van der Waals surface area contributed by atoms with Crippen molar-refractivity contribution in [2.45, 2.75) is 19.9 Å². The highest BCUT2D eigenvalue weighted by atomic mass is 35.5. The lowest BCUT2D eigenvalue weighted by atomic mass is 10.0. The van der Waals surface area contributed by atoms with E-state index in [0.29, 0.717) is 38.9 Å². The van der Waals surface area contributed by atoms with Gasteiger partial charge in [0.05, 0.1) is 26.4 Å². The Labute approximate surface area is 342 Å². The van der Waals surface area contributed by atoms with Crippen LogP contribution in [0.1, 0.15) is 39.3 Å². The van der Waals surface area contributed by atoms with Crippen LogP contribution in [-0.2, 0) is 21.9 Å². The maximum Gasteiger partial charge on any atom is 0.255 e. The fraction of sp³-hybridized carbons (Fsp3) is 0.366. The van der Waals surface area contributed by atoms with Crippen molar-refractivity contribution in [2.24, 2.45) is 23.7 Å². The Hall–Kier alpha value is -3.12. The molecule has 4 atom stereocenters. The maximum atomic E-state index is 12.2. The van der Waals surface area contributed by atoms with Gasteiger partial charge in [0.1, 0.15) is 0 Å². The molecule has 8 rings (SSSR count). The molecule has 4 heterocycles. The minimum absolute atomic E-state index is 0. The quantitative estimate of drug-likeness (QED) is 0.128. The summed E-state index contributed by atoms with van der Waals surface area (Å²) in [5.74, 6) is 3.27. The first-order valence-corrected chi connectivity index (χ1v) is 18.6. The van der Waals surface area contributed by atoms with Gasteiger partial charge in [-0.2, -0.15) is 0 Å². The lowest BCUT2D eigenvalue weighted by Crippen LogP contribution is -2.22. The number of carbonyl (C=O) groups excluding carboxylic acids is 2. The van der Waals surface area contributed by atoms with Gasteiger partial charge in [-0.3, -0.25) is 14.5 Å². The number of alkyl halides is 1. The number of hydrogen-bond acceptors (Lipinski definition) is 6. The molecule has 8 nitrogen and oxygen atoms in total. The number of amides is 2. The molecular weight excluding hydrogens is 765 g/mol. The third kappa shape index (κ3) is 13.0. The maximum absolute atomic E-state index is 12.2. The van der Waals surface area contributed by atoms with Crippen LogP contribution >= 0.6 is 47.2 Å². The highest BCUT2D eigenvalue weighted by Gasteiger charge is 2.36. The standard InChI is InChI=1S/C20H21ClN2O2.C14H11Cl2NO.C6H11NO.CH4.B.ClH/c21-18-5-3-15(4-6-18)20(24)22-19-7-1-14(2-8-19)9-23-10-16-12-25-13-17(16)11-23;15-9-10-1-7-13(8-2-10)17-14(18)11-3-5-12(16)6-4-11;1-5-3-8-4-6(5)2-7-1;;;/h1-8,16-17H,9-13H2,(H,22,24);1-8H,9H2,(H,17,18);5-7H,1-4H2;1H4;;1H/t16-,17+;;5-,6+;;;. The molecule has 0 aliphatic carbocycles. The van der Waals surface area contributed by atoms with Crippen molar-refractivity contribution in [1.82, 2.24) is 10.2 Å². The first-order valence-electron chi connectivity index (χ1n) is 17.3. The van der Waals surface area contributed by atoms with Gasteiger partial charge >= 0.3 is 0 Å². The fourth-order valence-corrected chi connectivity index (χ4v) is 7.13. The van der Waals surface area contributed by atoms with Crippen molar-refractivity contribution in [1.29, 1.82) is 0 Å². The van der Waals surface area contributed by atoms with Gasteiger partial charge in [-0.15, -0.1) is 24.0 Å². The number of hydrogen-bond donors (Lipinski definition) is 3. The van der Waals surface area contributed by atoms with Crippen LogP contribution in [0.4, 0.5) is 11.4 Å². The Kier molecular flexibility index (Phi) is 18.8. The summed E-state index contributed by atoms with van der Waals surface area (Å²) < 4.78 is 10.8. The van der Waals surface area contributed by atoms with Gasteiger partial charge in [0.15, 0.2) is 0 Å². The van der Waals surface area contributed by atoms with Crippen LogP contribution in [0.3, 0.4) is 0 Å². The topological polar surface area (TPSA) is 91.9 Å². The number of nitrogens with one attached hydrogen (secondary N) is 3. The first-order chi connectivity index (χ1) is 24.8. The van der Waals surface area contributed by atoms with Gasteiger partial charge in [-0.1, -0.05) is 54.9 Å². The molecule has 0 aromatic heterocycles. The highest BCUT2D eigenvalue weighted by Crippen LogP contribution is 2.30. The van der Waals surface area contributed by atoms with Crippen molar-refractivity contribution in [2.75, 3.05) is 63.2 Å². The van der Waals surface area contributed by atoms with E-state index in [1.807, 2.05) is 36.4 Å². The SMILES string of the molecule is C.C1NC[C@H]2COC[C@@H]12.Cl.O=C(Nc1ccc(CCl)cc1)c1ccc(Cl)cc1.O=C(Nc1ccc(CN2C[C@H]3COC[C@H]3C2)cc1)c1ccc(Cl)cc1.[B]. The van der Waals surface area contributed by atoms with E-state index in [9.17, 15) is 9.59 Å². The zero-order valence-corrected chi connectivity index (χ0v) is 32.4.